The maximum Gasteiger partial charge on any atom is 0.258 e. The van der Waals surface area contributed by atoms with E-state index in [1.165, 1.54) is 5.56 Å². The molecule has 0 saturated carbocycles. The maximum absolute atomic E-state index is 12.9. The maximum atomic E-state index is 12.9. The van der Waals surface area contributed by atoms with Crippen LogP contribution in [-0.4, -0.2) is 60.2 Å². The molecule has 2 aliphatic heterocycles. The van der Waals surface area contributed by atoms with Crippen LogP contribution in [0, 0.1) is 0 Å². The number of rotatable bonds is 5. The van der Waals surface area contributed by atoms with Gasteiger partial charge in [-0.05, 0) is 56.1 Å². The lowest BCUT2D eigenvalue weighted by molar-refractivity contribution is 0.0760. The lowest BCUT2D eigenvalue weighted by Gasteiger charge is -2.22. The number of benzene rings is 2. The van der Waals surface area contributed by atoms with Crippen LogP contribution in [0.4, 0.5) is 0 Å². The summed E-state index contributed by atoms with van der Waals surface area (Å²) in [6, 6.07) is 15.3. The molecule has 29 heavy (non-hydrogen) atoms. The highest BCUT2D eigenvalue weighted by Crippen LogP contribution is 2.19. The molecule has 150 valence electrons. The van der Waals surface area contributed by atoms with E-state index in [0.29, 0.717) is 29.8 Å². The monoisotopic (exact) mass is 391 g/mol. The van der Waals surface area contributed by atoms with Crippen LogP contribution in [0.25, 0.3) is 0 Å². The van der Waals surface area contributed by atoms with E-state index in [1.54, 1.807) is 18.2 Å². The topological polar surface area (TPSA) is 69.7 Å². The van der Waals surface area contributed by atoms with Gasteiger partial charge in [0, 0.05) is 25.2 Å². The Hall–Kier alpha value is -2.99. The van der Waals surface area contributed by atoms with Gasteiger partial charge in [0.25, 0.3) is 17.7 Å². The Bertz CT molecular complexity index is 926. The number of aryl methyl sites for hydroxylation is 1. The van der Waals surface area contributed by atoms with Crippen LogP contribution in [0.1, 0.15) is 49.5 Å². The van der Waals surface area contributed by atoms with Gasteiger partial charge in [-0.2, -0.15) is 0 Å². The summed E-state index contributed by atoms with van der Waals surface area (Å²) in [4.78, 5) is 40.8. The quantitative estimate of drug-likeness (QED) is 0.795. The first kappa shape index (κ1) is 19.3. The summed E-state index contributed by atoms with van der Waals surface area (Å²) in [6.45, 7) is 4.24. The van der Waals surface area contributed by atoms with Crippen molar-refractivity contribution in [3.05, 3.63) is 70.8 Å². The molecule has 0 radical (unpaired) electrons. The fourth-order valence-electron chi connectivity index (χ4n) is 4.03. The molecule has 1 fully saturated rings. The second-order valence-corrected chi connectivity index (χ2v) is 7.62. The average Bonchev–Trinajstić information content (AvgIpc) is 2.90. The lowest BCUT2D eigenvalue weighted by Crippen LogP contribution is -2.35. The Morgan fingerprint density at radius 1 is 0.897 bits per heavy atom. The van der Waals surface area contributed by atoms with Gasteiger partial charge in [0.1, 0.15) is 0 Å². The predicted molar refractivity (Wildman–Crippen MR) is 110 cm³/mol. The summed E-state index contributed by atoms with van der Waals surface area (Å²) in [7, 11) is 0. The molecule has 2 aromatic rings. The molecule has 6 heteroatoms. The Morgan fingerprint density at radius 2 is 1.69 bits per heavy atom. The van der Waals surface area contributed by atoms with E-state index < -0.39 is 11.8 Å². The number of imide groups is 1. The second-order valence-electron chi connectivity index (χ2n) is 7.62. The molecule has 0 aliphatic carbocycles. The van der Waals surface area contributed by atoms with Crippen LogP contribution in [0.5, 0.6) is 0 Å². The zero-order chi connectivity index (χ0) is 20.2. The summed E-state index contributed by atoms with van der Waals surface area (Å²) in [5, 5.41) is 2.27. The molecule has 0 spiro atoms. The van der Waals surface area contributed by atoms with Crippen molar-refractivity contribution < 1.29 is 14.4 Å². The molecule has 6 nitrogen and oxygen atoms in total. The molecule has 2 aromatic carbocycles. The molecular formula is C23H25N3O3. The Morgan fingerprint density at radius 3 is 2.52 bits per heavy atom. The van der Waals surface area contributed by atoms with E-state index in [1.807, 2.05) is 11.0 Å². The average molecular weight is 391 g/mol. The summed E-state index contributed by atoms with van der Waals surface area (Å²) >= 11 is 0. The molecule has 4 rings (SSSR count). The normalized spacial score (nSPS) is 17.0. The second kappa shape index (κ2) is 8.57. The van der Waals surface area contributed by atoms with E-state index in [4.69, 9.17) is 0 Å². The van der Waals surface area contributed by atoms with E-state index in [2.05, 4.69) is 34.5 Å². The fraction of sp³-hybridized carbons (Fsp3) is 0.348. The summed E-state index contributed by atoms with van der Waals surface area (Å²) < 4.78 is 0. The zero-order valence-electron chi connectivity index (χ0n) is 16.4. The van der Waals surface area contributed by atoms with Gasteiger partial charge in [-0.25, -0.2) is 0 Å². The van der Waals surface area contributed by atoms with Crippen LogP contribution in [0.15, 0.2) is 48.5 Å². The highest BCUT2D eigenvalue weighted by molar-refractivity contribution is 6.22. The number of hydrogen-bond donors (Lipinski definition) is 1. The number of fused-ring (bicyclic) bond motifs is 1. The molecule has 3 amide bonds. The standard InChI is InChI=1S/C23H25N3O3/c27-21-19-10-9-18(16-20(19)22(28)24-21)23(29)26-13-5-12-25(14-15-26)11-4-8-17-6-2-1-3-7-17/h1-3,6-7,9-10,16H,4-5,8,11-15H2,(H,24,27,28). The third-order valence-corrected chi connectivity index (χ3v) is 5.64. The molecule has 0 aromatic heterocycles. The van der Waals surface area contributed by atoms with Crippen LogP contribution >= 0.6 is 0 Å². The Kier molecular flexibility index (Phi) is 5.71. The molecule has 0 atom stereocenters. The smallest absolute Gasteiger partial charge is 0.258 e. The predicted octanol–water partition coefficient (Wildman–Crippen LogP) is 2.35. The van der Waals surface area contributed by atoms with Crippen molar-refractivity contribution in [3.63, 3.8) is 0 Å². The fourth-order valence-corrected chi connectivity index (χ4v) is 4.03. The van der Waals surface area contributed by atoms with Crippen molar-refractivity contribution in [1.29, 1.82) is 0 Å². The SMILES string of the molecule is O=C1NC(=O)c2cc(C(=O)N3CCCN(CCCc4ccccc4)CC3)ccc21. The van der Waals surface area contributed by atoms with Crippen LogP contribution in [0.2, 0.25) is 0 Å². The first-order valence-electron chi connectivity index (χ1n) is 10.2. The van der Waals surface area contributed by atoms with Gasteiger partial charge < -0.3 is 9.80 Å². The zero-order valence-corrected chi connectivity index (χ0v) is 16.4. The Balaban J connectivity index is 1.32. The van der Waals surface area contributed by atoms with Crippen molar-refractivity contribution in [1.82, 2.24) is 15.1 Å². The van der Waals surface area contributed by atoms with Crippen molar-refractivity contribution >= 4 is 17.7 Å². The minimum absolute atomic E-state index is 0.0777. The van der Waals surface area contributed by atoms with E-state index >= 15 is 0 Å². The highest BCUT2D eigenvalue weighted by Gasteiger charge is 2.28. The van der Waals surface area contributed by atoms with Gasteiger partial charge in [-0.15, -0.1) is 0 Å². The minimum atomic E-state index is -0.430. The van der Waals surface area contributed by atoms with Crippen LogP contribution in [-0.2, 0) is 6.42 Å². The Labute approximate surface area is 170 Å². The first-order chi connectivity index (χ1) is 14.1. The van der Waals surface area contributed by atoms with Crippen LogP contribution < -0.4 is 5.32 Å². The third-order valence-electron chi connectivity index (χ3n) is 5.64. The van der Waals surface area contributed by atoms with Gasteiger partial charge >= 0.3 is 0 Å². The number of hydrogen-bond acceptors (Lipinski definition) is 4. The number of carbonyl (C=O) groups excluding carboxylic acids is 3. The largest absolute Gasteiger partial charge is 0.337 e. The van der Waals surface area contributed by atoms with Crippen molar-refractivity contribution in [2.45, 2.75) is 19.3 Å². The molecular weight excluding hydrogens is 366 g/mol. The van der Waals surface area contributed by atoms with Crippen molar-refractivity contribution in [2.24, 2.45) is 0 Å². The number of nitrogens with one attached hydrogen (secondary N) is 1. The number of carbonyl (C=O) groups is 3. The number of nitrogens with zero attached hydrogens (tertiary/aromatic N) is 2. The summed E-state index contributed by atoms with van der Waals surface area (Å²) in [5.74, 6) is -0.906. The van der Waals surface area contributed by atoms with Gasteiger partial charge in [-0.3, -0.25) is 19.7 Å². The molecule has 2 aliphatic rings. The van der Waals surface area contributed by atoms with E-state index in [-0.39, 0.29) is 5.91 Å². The molecule has 1 saturated heterocycles. The third kappa shape index (κ3) is 4.38. The van der Waals surface area contributed by atoms with E-state index in [0.717, 1.165) is 38.9 Å². The van der Waals surface area contributed by atoms with Gasteiger partial charge in [-0.1, -0.05) is 30.3 Å². The van der Waals surface area contributed by atoms with Gasteiger partial charge in [0.05, 0.1) is 11.1 Å². The first-order valence-corrected chi connectivity index (χ1v) is 10.2. The van der Waals surface area contributed by atoms with Crippen molar-refractivity contribution in [3.8, 4) is 0 Å². The molecule has 1 N–H and O–H groups in total. The summed E-state index contributed by atoms with van der Waals surface area (Å²) in [5.41, 5.74) is 2.45. The lowest BCUT2D eigenvalue weighted by atomic mass is 10.0. The van der Waals surface area contributed by atoms with Crippen molar-refractivity contribution in [2.75, 3.05) is 32.7 Å². The highest BCUT2D eigenvalue weighted by atomic mass is 16.2. The minimum Gasteiger partial charge on any atom is -0.337 e. The molecule has 2 heterocycles. The summed E-state index contributed by atoms with van der Waals surface area (Å²) in [6.07, 6.45) is 3.10. The number of amides is 3. The van der Waals surface area contributed by atoms with Gasteiger partial charge in [0.2, 0.25) is 0 Å². The molecule has 0 bridgehead atoms. The van der Waals surface area contributed by atoms with Gasteiger partial charge in [0.15, 0.2) is 0 Å². The van der Waals surface area contributed by atoms with Crippen LogP contribution in [0.3, 0.4) is 0 Å². The molecule has 0 unspecified atom stereocenters. The van der Waals surface area contributed by atoms with E-state index in [9.17, 15) is 14.4 Å².